The lowest BCUT2D eigenvalue weighted by Gasteiger charge is -2.12. The molecule has 0 saturated carbocycles. The Morgan fingerprint density at radius 2 is 1.56 bits per heavy atom. The minimum absolute atomic E-state index is 0.0931. The van der Waals surface area contributed by atoms with Gasteiger partial charge in [0.2, 0.25) is 21.2 Å². The van der Waals surface area contributed by atoms with Gasteiger partial charge in [-0.2, -0.15) is 0 Å². The minimum Gasteiger partial charge on any atom is -0.452 e. The van der Waals surface area contributed by atoms with Crippen LogP contribution >= 0.6 is 0 Å². The molecule has 1 aromatic heterocycles. The van der Waals surface area contributed by atoms with E-state index < -0.39 is 21.4 Å². The Labute approximate surface area is 197 Å². The molecule has 4 aromatic rings. The van der Waals surface area contributed by atoms with Crippen LogP contribution in [0.3, 0.4) is 0 Å². The number of carbonyl (C=O) groups excluding carboxylic acids is 1. The monoisotopic (exact) mass is 477 g/mol. The van der Waals surface area contributed by atoms with Crippen LogP contribution in [0.5, 0.6) is 5.75 Å². The van der Waals surface area contributed by atoms with E-state index in [9.17, 15) is 18.0 Å². The smallest absolute Gasteiger partial charge is 0.312 e. The first kappa shape index (κ1) is 23.4. The Balaban J connectivity index is 1.61. The summed E-state index contributed by atoms with van der Waals surface area (Å²) >= 11 is 0. The van der Waals surface area contributed by atoms with E-state index in [1.165, 1.54) is 12.1 Å². The number of nitrogens with one attached hydrogen (secondary N) is 1. The second-order valence-corrected chi connectivity index (χ2v) is 9.59. The number of carbonyl (C=O) groups is 1. The topological polar surface area (TPSA) is 103 Å². The zero-order valence-electron chi connectivity index (χ0n) is 18.7. The molecular weight excluding hydrogens is 454 g/mol. The normalized spacial score (nSPS) is 11.5. The molecule has 0 radical (unpaired) electrons. The maximum Gasteiger partial charge on any atom is 0.312 e. The van der Waals surface area contributed by atoms with E-state index in [1.807, 2.05) is 19.9 Å². The molecule has 0 saturated heterocycles. The largest absolute Gasteiger partial charge is 0.452 e. The van der Waals surface area contributed by atoms with Crippen molar-refractivity contribution in [2.45, 2.75) is 25.2 Å². The SMILES string of the molecule is Cc1cc2oc(-c3ccccc3)c(OC(=O)CCNS(=O)(=O)c3ccccc3)c(=O)c2cc1C. The zero-order chi connectivity index (χ0) is 24.3. The number of esters is 1. The van der Waals surface area contributed by atoms with Crippen LogP contribution in [0.25, 0.3) is 22.3 Å². The summed E-state index contributed by atoms with van der Waals surface area (Å²) in [4.78, 5) is 26.0. The van der Waals surface area contributed by atoms with Gasteiger partial charge >= 0.3 is 5.97 Å². The van der Waals surface area contributed by atoms with Gasteiger partial charge in [0.05, 0.1) is 16.7 Å². The van der Waals surface area contributed by atoms with Crippen molar-refractivity contribution in [2.75, 3.05) is 6.54 Å². The highest BCUT2D eigenvalue weighted by Crippen LogP contribution is 2.32. The summed E-state index contributed by atoms with van der Waals surface area (Å²) in [5.41, 5.74) is 2.36. The Kier molecular flexibility index (Phi) is 6.63. The Bertz CT molecular complexity index is 1510. The van der Waals surface area contributed by atoms with Crippen LogP contribution in [-0.2, 0) is 14.8 Å². The summed E-state index contributed by atoms with van der Waals surface area (Å²) in [6, 6.07) is 20.2. The predicted molar refractivity (Wildman–Crippen MR) is 129 cm³/mol. The molecule has 8 heteroatoms. The maximum atomic E-state index is 13.3. The van der Waals surface area contributed by atoms with Crippen molar-refractivity contribution >= 4 is 27.0 Å². The van der Waals surface area contributed by atoms with Gasteiger partial charge in [-0.3, -0.25) is 9.59 Å². The molecule has 0 atom stereocenters. The van der Waals surface area contributed by atoms with Crippen molar-refractivity contribution < 1.29 is 22.4 Å². The van der Waals surface area contributed by atoms with Gasteiger partial charge in [0.15, 0.2) is 5.76 Å². The van der Waals surface area contributed by atoms with Crippen LogP contribution in [-0.4, -0.2) is 20.9 Å². The Morgan fingerprint density at radius 3 is 2.24 bits per heavy atom. The summed E-state index contributed by atoms with van der Waals surface area (Å²) in [5.74, 6) is -0.846. The number of rotatable bonds is 7. The van der Waals surface area contributed by atoms with Gasteiger partial charge in [0.25, 0.3) is 0 Å². The fourth-order valence-corrected chi connectivity index (χ4v) is 4.49. The van der Waals surface area contributed by atoms with Crippen molar-refractivity contribution in [3.05, 3.63) is 94.1 Å². The molecule has 0 aliphatic carbocycles. The number of ether oxygens (including phenoxy) is 1. The number of sulfonamides is 1. The lowest BCUT2D eigenvalue weighted by atomic mass is 10.0. The molecule has 34 heavy (non-hydrogen) atoms. The van der Waals surface area contributed by atoms with E-state index in [0.717, 1.165) is 11.1 Å². The van der Waals surface area contributed by atoms with Gasteiger partial charge in [-0.05, 0) is 49.2 Å². The van der Waals surface area contributed by atoms with E-state index >= 15 is 0 Å². The highest BCUT2D eigenvalue weighted by molar-refractivity contribution is 7.89. The van der Waals surface area contributed by atoms with E-state index in [4.69, 9.17) is 9.15 Å². The summed E-state index contributed by atoms with van der Waals surface area (Å²) in [7, 11) is -3.76. The van der Waals surface area contributed by atoms with Crippen LogP contribution in [0, 0.1) is 13.8 Å². The molecule has 0 aliphatic heterocycles. The van der Waals surface area contributed by atoms with Crippen molar-refractivity contribution in [1.29, 1.82) is 0 Å². The van der Waals surface area contributed by atoms with Crippen LogP contribution < -0.4 is 14.9 Å². The van der Waals surface area contributed by atoms with E-state index in [-0.39, 0.29) is 29.4 Å². The van der Waals surface area contributed by atoms with Gasteiger partial charge in [-0.25, -0.2) is 13.1 Å². The molecule has 1 heterocycles. The first-order chi connectivity index (χ1) is 16.3. The number of benzene rings is 3. The second kappa shape index (κ2) is 9.62. The molecule has 174 valence electrons. The average Bonchev–Trinajstić information content (AvgIpc) is 2.83. The third kappa shape index (κ3) is 4.93. The molecule has 0 spiro atoms. The minimum atomic E-state index is -3.76. The number of fused-ring (bicyclic) bond motifs is 1. The second-order valence-electron chi connectivity index (χ2n) is 7.82. The van der Waals surface area contributed by atoms with Gasteiger partial charge in [0.1, 0.15) is 5.58 Å². The quantitative estimate of drug-likeness (QED) is 0.397. The van der Waals surface area contributed by atoms with Crippen molar-refractivity contribution in [1.82, 2.24) is 4.72 Å². The zero-order valence-corrected chi connectivity index (χ0v) is 19.5. The van der Waals surface area contributed by atoms with Gasteiger partial charge in [0, 0.05) is 12.1 Å². The molecule has 0 unspecified atom stereocenters. The van der Waals surface area contributed by atoms with E-state index in [1.54, 1.807) is 54.6 Å². The van der Waals surface area contributed by atoms with Crippen LogP contribution in [0.2, 0.25) is 0 Å². The van der Waals surface area contributed by atoms with Crippen LogP contribution in [0.4, 0.5) is 0 Å². The standard InChI is InChI=1S/C26H23NO6S/c1-17-15-21-22(16-18(17)2)32-25(19-9-5-3-6-10-19)26(24(21)29)33-23(28)13-14-27-34(30,31)20-11-7-4-8-12-20/h3-12,15-16,27H,13-14H2,1-2H3. The molecular formula is C26H23NO6S. The number of hydrogen-bond acceptors (Lipinski definition) is 6. The van der Waals surface area contributed by atoms with E-state index in [0.29, 0.717) is 16.5 Å². The third-order valence-corrected chi connectivity index (χ3v) is 6.87. The van der Waals surface area contributed by atoms with Crippen molar-refractivity contribution in [3.8, 4) is 17.1 Å². The van der Waals surface area contributed by atoms with Gasteiger partial charge < -0.3 is 9.15 Å². The fraction of sp³-hybridized carbons (Fsp3) is 0.154. The lowest BCUT2D eigenvalue weighted by Crippen LogP contribution is -2.28. The van der Waals surface area contributed by atoms with Gasteiger partial charge in [-0.15, -0.1) is 0 Å². The molecule has 4 rings (SSSR count). The van der Waals surface area contributed by atoms with Crippen molar-refractivity contribution in [2.24, 2.45) is 0 Å². The molecule has 0 fully saturated rings. The molecule has 7 nitrogen and oxygen atoms in total. The Morgan fingerprint density at radius 1 is 0.941 bits per heavy atom. The summed E-state index contributed by atoms with van der Waals surface area (Å²) in [6.07, 6.45) is -0.273. The molecule has 0 amide bonds. The number of hydrogen-bond donors (Lipinski definition) is 1. The fourth-order valence-electron chi connectivity index (χ4n) is 3.44. The average molecular weight is 478 g/mol. The Hall–Kier alpha value is -3.75. The molecule has 3 aromatic carbocycles. The predicted octanol–water partition coefficient (Wildman–Crippen LogP) is 4.35. The number of aryl methyl sites for hydroxylation is 2. The highest BCUT2D eigenvalue weighted by atomic mass is 32.2. The maximum absolute atomic E-state index is 13.3. The first-order valence-corrected chi connectivity index (χ1v) is 12.1. The summed E-state index contributed by atoms with van der Waals surface area (Å²) in [5, 5.41) is 0.301. The van der Waals surface area contributed by atoms with Crippen molar-refractivity contribution in [3.63, 3.8) is 0 Å². The highest BCUT2D eigenvalue weighted by Gasteiger charge is 2.21. The first-order valence-electron chi connectivity index (χ1n) is 10.6. The molecule has 0 bridgehead atoms. The van der Waals surface area contributed by atoms with Crippen LogP contribution in [0.1, 0.15) is 17.5 Å². The molecule has 0 aliphatic rings. The molecule has 1 N–H and O–H groups in total. The summed E-state index contributed by atoms with van der Waals surface area (Å²) in [6.45, 7) is 3.61. The van der Waals surface area contributed by atoms with Gasteiger partial charge in [-0.1, -0.05) is 48.5 Å². The van der Waals surface area contributed by atoms with Crippen LogP contribution in [0.15, 0.2) is 86.9 Å². The lowest BCUT2D eigenvalue weighted by molar-refractivity contribution is -0.134. The third-order valence-electron chi connectivity index (χ3n) is 5.39. The van der Waals surface area contributed by atoms with E-state index in [2.05, 4.69) is 4.72 Å². The summed E-state index contributed by atoms with van der Waals surface area (Å²) < 4.78 is 38.5.